The lowest BCUT2D eigenvalue weighted by Gasteiger charge is -2.28. The molecule has 0 heterocycles. The van der Waals surface area contributed by atoms with Gasteiger partial charge in [0.2, 0.25) is 0 Å². The highest BCUT2D eigenvalue weighted by Crippen LogP contribution is 2.27. The summed E-state index contributed by atoms with van der Waals surface area (Å²) in [6.07, 6.45) is 0. The zero-order valence-corrected chi connectivity index (χ0v) is 10.4. The van der Waals surface area contributed by atoms with Crippen LogP contribution in [0.4, 0.5) is 4.39 Å². The van der Waals surface area contributed by atoms with Crippen LogP contribution in [-0.4, -0.2) is 19.2 Å². The number of benzene rings is 1. The maximum absolute atomic E-state index is 13.0. The van der Waals surface area contributed by atoms with Gasteiger partial charge in [-0.3, -0.25) is 0 Å². The topological polar surface area (TPSA) is 60.2 Å². The largest absolute Gasteiger partial charge is 0.327 e. The minimum atomic E-state index is -3.63. The van der Waals surface area contributed by atoms with Crippen LogP contribution >= 0.6 is 0 Å². The Morgan fingerprint density at radius 2 is 1.94 bits per heavy atom. The lowest BCUT2D eigenvalue weighted by Crippen LogP contribution is -2.47. The highest BCUT2D eigenvalue weighted by molar-refractivity contribution is 7.92. The van der Waals surface area contributed by atoms with E-state index in [1.807, 2.05) is 0 Å². The minimum Gasteiger partial charge on any atom is -0.327 e. The van der Waals surface area contributed by atoms with Crippen LogP contribution in [0.25, 0.3) is 0 Å². The van der Waals surface area contributed by atoms with E-state index in [4.69, 9.17) is 5.73 Å². The van der Waals surface area contributed by atoms with E-state index in [2.05, 4.69) is 0 Å². The first-order chi connectivity index (χ1) is 7.19. The molecule has 0 aliphatic carbocycles. The van der Waals surface area contributed by atoms with E-state index in [1.165, 1.54) is 32.0 Å². The van der Waals surface area contributed by atoms with Gasteiger partial charge in [-0.1, -0.05) is 6.07 Å². The molecule has 1 aromatic carbocycles. The monoisotopic (exact) mass is 245 g/mol. The van der Waals surface area contributed by atoms with Crippen molar-refractivity contribution in [2.24, 2.45) is 5.73 Å². The number of sulfone groups is 1. The van der Waals surface area contributed by atoms with Gasteiger partial charge in [-0.2, -0.15) is 0 Å². The Morgan fingerprint density at radius 3 is 2.38 bits per heavy atom. The Hall–Kier alpha value is -0.940. The van der Waals surface area contributed by atoms with E-state index in [9.17, 15) is 12.8 Å². The fraction of sp³-hybridized carbons (Fsp3) is 0.455. The molecule has 3 nitrogen and oxygen atoms in total. The smallest absolute Gasteiger partial charge is 0.185 e. The Balaban J connectivity index is 3.33. The summed E-state index contributed by atoms with van der Waals surface area (Å²) in [7, 11) is -3.63. The van der Waals surface area contributed by atoms with E-state index in [0.717, 1.165) is 6.07 Å². The first-order valence-electron chi connectivity index (χ1n) is 4.95. The van der Waals surface area contributed by atoms with Gasteiger partial charge in [-0.15, -0.1) is 0 Å². The molecule has 0 fully saturated rings. The van der Waals surface area contributed by atoms with Crippen LogP contribution in [0, 0.1) is 5.82 Å². The molecule has 5 heteroatoms. The first kappa shape index (κ1) is 13.1. The molecule has 0 spiro atoms. The van der Waals surface area contributed by atoms with E-state index in [1.54, 1.807) is 6.92 Å². The summed E-state index contributed by atoms with van der Waals surface area (Å²) in [6.45, 7) is 4.70. The zero-order chi connectivity index (χ0) is 12.6. The molecule has 0 amide bonds. The van der Waals surface area contributed by atoms with E-state index in [-0.39, 0.29) is 4.90 Å². The van der Waals surface area contributed by atoms with Crippen molar-refractivity contribution in [3.63, 3.8) is 0 Å². The van der Waals surface area contributed by atoms with E-state index < -0.39 is 26.4 Å². The SMILES string of the molecule is CC(N)C(C)(C)S(=O)(=O)c1cccc(F)c1. The summed E-state index contributed by atoms with van der Waals surface area (Å²) in [6, 6.07) is 4.43. The maximum Gasteiger partial charge on any atom is 0.185 e. The van der Waals surface area contributed by atoms with Crippen molar-refractivity contribution in [1.29, 1.82) is 0 Å². The van der Waals surface area contributed by atoms with Gasteiger partial charge in [-0.05, 0) is 39.0 Å². The van der Waals surface area contributed by atoms with Crippen molar-refractivity contribution in [3.8, 4) is 0 Å². The molecule has 0 aliphatic heterocycles. The van der Waals surface area contributed by atoms with Gasteiger partial charge >= 0.3 is 0 Å². The lowest BCUT2D eigenvalue weighted by molar-refractivity contribution is 0.500. The third kappa shape index (κ3) is 2.10. The predicted molar refractivity (Wildman–Crippen MR) is 61.3 cm³/mol. The number of hydrogen-bond donors (Lipinski definition) is 1. The highest BCUT2D eigenvalue weighted by Gasteiger charge is 2.39. The van der Waals surface area contributed by atoms with Gasteiger partial charge in [0.05, 0.1) is 9.64 Å². The summed E-state index contributed by atoms with van der Waals surface area (Å²) in [5.74, 6) is -0.568. The van der Waals surface area contributed by atoms with Crippen molar-refractivity contribution in [2.45, 2.75) is 36.5 Å². The molecular formula is C11H16FNO2S. The van der Waals surface area contributed by atoms with Crippen LogP contribution in [0.15, 0.2) is 29.2 Å². The molecule has 0 saturated carbocycles. The van der Waals surface area contributed by atoms with Gasteiger partial charge in [0.15, 0.2) is 9.84 Å². The molecule has 0 aliphatic rings. The Labute approximate surface area is 95.4 Å². The molecule has 1 atom stereocenters. The van der Waals surface area contributed by atoms with Crippen molar-refractivity contribution in [2.75, 3.05) is 0 Å². The lowest BCUT2D eigenvalue weighted by atomic mass is 10.1. The van der Waals surface area contributed by atoms with Crippen molar-refractivity contribution in [1.82, 2.24) is 0 Å². The average molecular weight is 245 g/mol. The van der Waals surface area contributed by atoms with Gasteiger partial charge < -0.3 is 5.73 Å². The van der Waals surface area contributed by atoms with Crippen LogP contribution in [0.3, 0.4) is 0 Å². The molecule has 0 radical (unpaired) electrons. The predicted octanol–water partition coefficient (Wildman–Crippen LogP) is 1.73. The second-order valence-corrected chi connectivity index (χ2v) is 6.88. The zero-order valence-electron chi connectivity index (χ0n) is 9.57. The molecule has 2 N–H and O–H groups in total. The van der Waals surface area contributed by atoms with Crippen molar-refractivity contribution in [3.05, 3.63) is 30.1 Å². The Bertz CT molecular complexity index is 481. The highest BCUT2D eigenvalue weighted by atomic mass is 32.2. The standard InChI is InChI=1S/C11H16FNO2S/c1-8(13)11(2,3)16(14,15)10-6-4-5-9(12)7-10/h4-8H,13H2,1-3H3. The summed E-state index contributed by atoms with van der Waals surface area (Å²) in [4.78, 5) is -0.0326. The molecule has 16 heavy (non-hydrogen) atoms. The second kappa shape index (κ2) is 4.14. The summed E-state index contributed by atoms with van der Waals surface area (Å²) < 4.78 is 36.3. The van der Waals surface area contributed by atoms with Crippen LogP contribution in [-0.2, 0) is 9.84 Å². The van der Waals surface area contributed by atoms with Crippen molar-refractivity contribution >= 4 is 9.84 Å². The van der Waals surface area contributed by atoms with Crippen LogP contribution < -0.4 is 5.73 Å². The molecule has 90 valence electrons. The second-order valence-electron chi connectivity index (χ2n) is 4.35. The molecule has 0 bridgehead atoms. The average Bonchev–Trinajstić information content (AvgIpc) is 2.17. The molecule has 1 aromatic rings. The van der Waals surface area contributed by atoms with Crippen molar-refractivity contribution < 1.29 is 12.8 Å². The van der Waals surface area contributed by atoms with Crippen LogP contribution in [0.5, 0.6) is 0 Å². The number of rotatable bonds is 3. The third-order valence-corrected chi connectivity index (χ3v) is 5.53. The molecule has 0 aromatic heterocycles. The van der Waals surface area contributed by atoms with Gasteiger partial charge in [0.25, 0.3) is 0 Å². The van der Waals surface area contributed by atoms with Crippen LogP contribution in [0.1, 0.15) is 20.8 Å². The maximum atomic E-state index is 13.0. The summed E-state index contributed by atoms with van der Waals surface area (Å²) in [5.41, 5.74) is 5.66. The Morgan fingerprint density at radius 1 is 1.38 bits per heavy atom. The van der Waals surface area contributed by atoms with Gasteiger partial charge in [-0.25, -0.2) is 12.8 Å². The number of hydrogen-bond acceptors (Lipinski definition) is 3. The molecule has 1 rings (SSSR count). The van der Waals surface area contributed by atoms with Crippen LogP contribution in [0.2, 0.25) is 0 Å². The first-order valence-corrected chi connectivity index (χ1v) is 6.43. The fourth-order valence-electron chi connectivity index (χ4n) is 1.18. The summed E-state index contributed by atoms with van der Waals surface area (Å²) >= 11 is 0. The number of nitrogens with two attached hydrogens (primary N) is 1. The molecule has 1 unspecified atom stereocenters. The Kier molecular flexibility index (Phi) is 3.40. The van der Waals surface area contributed by atoms with E-state index in [0.29, 0.717) is 0 Å². The van der Waals surface area contributed by atoms with Gasteiger partial charge in [0.1, 0.15) is 5.82 Å². The van der Waals surface area contributed by atoms with Gasteiger partial charge in [0, 0.05) is 6.04 Å². The number of halogens is 1. The minimum absolute atomic E-state index is 0.0326. The fourth-order valence-corrected chi connectivity index (χ4v) is 2.81. The normalized spacial score (nSPS) is 14.8. The summed E-state index contributed by atoms with van der Waals surface area (Å²) in [5, 5.41) is 0. The quantitative estimate of drug-likeness (QED) is 0.882. The third-order valence-electron chi connectivity index (χ3n) is 2.90. The van der Waals surface area contributed by atoms with E-state index >= 15 is 0 Å². The molecular weight excluding hydrogens is 229 g/mol. The molecule has 0 saturated heterocycles.